The molecule has 3 rings (SSSR count). The van der Waals surface area contributed by atoms with Crippen LogP contribution in [0.2, 0.25) is 0 Å². The number of ketones is 1. The number of phenols is 1. The second kappa shape index (κ2) is 8.85. The zero-order valence-corrected chi connectivity index (χ0v) is 17.2. The van der Waals surface area contributed by atoms with Crippen LogP contribution in [0.5, 0.6) is 5.75 Å². The van der Waals surface area contributed by atoms with E-state index in [-0.39, 0.29) is 41.2 Å². The number of carboxylic acid groups (broad SMARTS) is 1. The molecule has 1 aliphatic rings. The summed E-state index contributed by atoms with van der Waals surface area (Å²) in [5.74, 6) is -1.30. The molecular weight excluding hydrogens is 339 g/mol. The first-order chi connectivity index (χ1) is 12.0. The number of benzene rings is 2. The second-order valence-electron chi connectivity index (χ2n) is 6.76. The van der Waals surface area contributed by atoms with Gasteiger partial charge in [0.2, 0.25) is 0 Å². The van der Waals surface area contributed by atoms with Crippen molar-refractivity contribution in [3.8, 4) is 16.9 Å². The predicted molar refractivity (Wildman–Crippen MR) is 93.0 cm³/mol. The van der Waals surface area contributed by atoms with Crippen molar-refractivity contribution >= 4 is 11.8 Å². The van der Waals surface area contributed by atoms with Crippen LogP contribution in [0.15, 0.2) is 42.5 Å². The smallest absolute Gasteiger partial charge is 0.550 e. The molecule has 0 aliphatic heterocycles. The van der Waals surface area contributed by atoms with Gasteiger partial charge in [0.05, 0.1) is 0 Å². The van der Waals surface area contributed by atoms with E-state index >= 15 is 0 Å². The van der Waals surface area contributed by atoms with Gasteiger partial charge in [0.1, 0.15) is 11.5 Å². The number of carbonyl (C=O) groups is 2. The first kappa shape index (κ1) is 20.7. The van der Waals surface area contributed by atoms with Crippen molar-refractivity contribution in [1.29, 1.82) is 0 Å². The van der Waals surface area contributed by atoms with Crippen LogP contribution in [0.25, 0.3) is 11.1 Å². The Bertz CT molecular complexity index is 798. The SMILES string of the molecule is CC(C(=O)[O-])c1ccc(CC2CCCC2=O)c(-c2ccc(O)cc2)c1.[Na+]. The van der Waals surface area contributed by atoms with Crippen LogP contribution in [0.4, 0.5) is 0 Å². The number of carboxylic acids is 1. The number of rotatable bonds is 5. The van der Waals surface area contributed by atoms with E-state index in [0.717, 1.165) is 29.5 Å². The molecule has 26 heavy (non-hydrogen) atoms. The summed E-state index contributed by atoms with van der Waals surface area (Å²) >= 11 is 0. The largest absolute Gasteiger partial charge is 1.00 e. The molecule has 1 fully saturated rings. The fourth-order valence-electron chi connectivity index (χ4n) is 3.46. The van der Waals surface area contributed by atoms with E-state index < -0.39 is 11.9 Å². The van der Waals surface area contributed by atoms with Crippen LogP contribution in [0, 0.1) is 5.92 Å². The van der Waals surface area contributed by atoms with Crippen LogP contribution in [-0.4, -0.2) is 16.9 Å². The van der Waals surface area contributed by atoms with E-state index in [1.807, 2.05) is 12.1 Å². The first-order valence-corrected chi connectivity index (χ1v) is 8.61. The molecule has 2 aromatic carbocycles. The van der Waals surface area contributed by atoms with Crippen LogP contribution >= 0.6 is 0 Å². The molecule has 0 amide bonds. The van der Waals surface area contributed by atoms with Crippen molar-refractivity contribution < 1.29 is 49.4 Å². The monoisotopic (exact) mass is 360 g/mol. The topological polar surface area (TPSA) is 77.4 Å². The van der Waals surface area contributed by atoms with Gasteiger partial charge < -0.3 is 15.0 Å². The Morgan fingerprint density at radius 3 is 2.50 bits per heavy atom. The van der Waals surface area contributed by atoms with Crippen molar-refractivity contribution in [2.45, 2.75) is 38.5 Å². The van der Waals surface area contributed by atoms with Crippen LogP contribution in [0.3, 0.4) is 0 Å². The third-order valence-corrected chi connectivity index (χ3v) is 5.06. The van der Waals surface area contributed by atoms with E-state index in [0.29, 0.717) is 24.2 Å². The molecule has 5 heteroatoms. The summed E-state index contributed by atoms with van der Waals surface area (Å²) in [6, 6.07) is 12.4. The number of hydrogen-bond donors (Lipinski definition) is 1. The van der Waals surface area contributed by atoms with Crippen molar-refractivity contribution in [2.75, 3.05) is 0 Å². The molecule has 130 valence electrons. The number of aromatic hydroxyl groups is 1. The van der Waals surface area contributed by atoms with Gasteiger partial charge in [0, 0.05) is 24.2 Å². The Balaban J connectivity index is 0.00000243. The third kappa shape index (κ3) is 4.56. The van der Waals surface area contributed by atoms with Gasteiger partial charge in [-0.05, 0) is 53.6 Å². The quantitative estimate of drug-likeness (QED) is 0.751. The number of aliphatic carboxylic acids is 1. The van der Waals surface area contributed by atoms with Crippen LogP contribution < -0.4 is 34.7 Å². The van der Waals surface area contributed by atoms with E-state index in [1.54, 1.807) is 37.3 Å². The van der Waals surface area contributed by atoms with E-state index in [1.165, 1.54) is 0 Å². The number of phenolic OH excluding ortho intramolecular Hbond substituents is 1. The zero-order chi connectivity index (χ0) is 18.0. The van der Waals surface area contributed by atoms with Crippen molar-refractivity contribution in [3.05, 3.63) is 53.6 Å². The molecule has 1 N–H and O–H groups in total. The summed E-state index contributed by atoms with van der Waals surface area (Å²) in [5, 5.41) is 20.7. The van der Waals surface area contributed by atoms with E-state index in [4.69, 9.17) is 0 Å². The average molecular weight is 360 g/mol. The molecular formula is C21H21NaO4. The minimum Gasteiger partial charge on any atom is -0.550 e. The van der Waals surface area contributed by atoms with E-state index in [2.05, 4.69) is 0 Å². The Labute approximate surface area is 175 Å². The number of carbonyl (C=O) groups excluding carboxylic acids is 2. The molecule has 2 atom stereocenters. The zero-order valence-electron chi connectivity index (χ0n) is 15.2. The minimum absolute atomic E-state index is 0. The van der Waals surface area contributed by atoms with Gasteiger partial charge in [-0.25, -0.2) is 0 Å². The second-order valence-corrected chi connectivity index (χ2v) is 6.76. The van der Waals surface area contributed by atoms with Crippen molar-refractivity contribution in [3.63, 3.8) is 0 Å². The fourth-order valence-corrected chi connectivity index (χ4v) is 3.46. The molecule has 4 nitrogen and oxygen atoms in total. The summed E-state index contributed by atoms with van der Waals surface area (Å²) in [5.41, 5.74) is 3.50. The fraction of sp³-hybridized carbons (Fsp3) is 0.333. The summed E-state index contributed by atoms with van der Waals surface area (Å²) in [4.78, 5) is 23.2. The molecule has 1 saturated carbocycles. The van der Waals surface area contributed by atoms with Gasteiger partial charge in [-0.15, -0.1) is 0 Å². The third-order valence-electron chi connectivity index (χ3n) is 5.06. The molecule has 1 aliphatic carbocycles. The van der Waals surface area contributed by atoms with Crippen molar-refractivity contribution in [2.24, 2.45) is 5.92 Å². The molecule has 0 heterocycles. The Morgan fingerprint density at radius 2 is 1.92 bits per heavy atom. The molecule has 0 radical (unpaired) electrons. The summed E-state index contributed by atoms with van der Waals surface area (Å²) in [7, 11) is 0. The Hall–Kier alpha value is -1.62. The maximum absolute atomic E-state index is 12.0. The van der Waals surface area contributed by atoms with Gasteiger partial charge >= 0.3 is 29.6 Å². The van der Waals surface area contributed by atoms with Crippen LogP contribution in [-0.2, 0) is 16.0 Å². The van der Waals surface area contributed by atoms with Gasteiger partial charge in [-0.1, -0.05) is 37.3 Å². The van der Waals surface area contributed by atoms with Gasteiger partial charge in [-0.2, -0.15) is 0 Å². The predicted octanol–water partition coefficient (Wildman–Crippen LogP) is -0.172. The standard InChI is InChI=1S/C21H22O4.Na/c1-13(21(24)25)15-5-6-16(11-17-3-2-4-20(17)23)19(12-15)14-7-9-18(22)10-8-14;/h5-10,12-13,17,22H,2-4,11H2,1H3,(H,24,25);/q;+1/p-1. The van der Waals surface area contributed by atoms with Crippen molar-refractivity contribution in [1.82, 2.24) is 0 Å². The molecule has 0 aromatic heterocycles. The Morgan fingerprint density at radius 1 is 1.23 bits per heavy atom. The van der Waals surface area contributed by atoms with E-state index in [9.17, 15) is 19.8 Å². The number of Topliss-reactive ketones (excluding diaryl/α,β-unsaturated/α-hetero) is 1. The van der Waals surface area contributed by atoms with Gasteiger partial charge in [0.15, 0.2) is 0 Å². The first-order valence-electron chi connectivity index (χ1n) is 8.61. The summed E-state index contributed by atoms with van der Waals surface area (Å²) < 4.78 is 0. The van der Waals surface area contributed by atoms with Crippen LogP contribution in [0.1, 0.15) is 43.2 Å². The molecule has 0 spiro atoms. The maximum atomic E-state index is 12.0. The summed E-state index contributed by atoms with van der Waals surface area (Å²) in [6.45, 7) is 1.60. The summed E-state index contributed by atoms with van der Waals surface area (Å²) in [6.07, 6.45) is 3.16. The van der Waals surface area contributed by atoms with Gasteiger partial charge in [-0.3, -0.25) is 4.79 Å². The van der Waals surface area contributed by atoms with Gasteiger partial charge in [0.25, 0.3) is 0 Å². The Kier molecular flexibility index (Phi) is 7.04. The minimum atomic E-state index is -1.12. The molecule has 0 saturated heterocycles. The number of hydrogen-bond acceptors (Lipinski definition) is 4. The maximum Gasteiger partial charge on any atom is 1.00 e. The molecule has 2 unspecified atom stereocenters. The molecule has 0 bridgehead atoms. The normalized spacial score (nSPS) is 17.6. The molecule has 2 aromatic rings. The average Bonchev–Trinajstić information content (AvgIpc) is 3.00.